The number of nitrogens with one attached hydrogen (secondary N) is 5. The number of rotatable bonds is 23. The summed E-state index contributed by atoms with van der Waals surface area (Å²) in [5.41, 5.74) is 13.6. The molecule has 0 saturated heterocycles. The second-order valence-corrected chi connectivity index (χ2v) is 29.7. The van der Waals surface area contributed by atoms with Gasteiger partial charge < -0.3 is 36.7 Å². The van der Waals surface area contributed by atoms with E-state index in [0.29, 0.717) is 77.2 Å². The molecule has 28 heteroatoms. The molecule has 1 aliphatic rings. The molecule has 0 radical (unpaired) electrons. The SMILES string of the molecule is CC(C)(C)C(Nc1nccc(C(C#N)c2nc3ccccc3s2)n1)C(=O)Oc1ccc(CCNc2nccc(C(C#N)c3nc4ccccc4s3)n2)cc1.N#CC(c1ccnc(NCCCN)n1)c1nc2ccccc2s1.N#CCC1C=CN=C(NCCc2c[nH]c3ccccc23)N1c1nc2ccccc2s1. The van der Waals surface area contributed by atoms with Crippen molar-refractivity contribution in [3.05, 3.63) is 244 Å². The largest absolute Gasteiger partial charge is 0.425 e. The van der Waals surface area contributed by atoms with E-state index in [1.807, 2.05) is 141 Å². The third-order valence-electron chi connectivity index (χ3n) is 17.1. The van der Waals surface area contributed by atoms with Gasteiger partial charge in [-0.25, -0.2) is 59.6 Å². The third-order valence-corrected chi connectivity index (χ3v) is 21.4. The van der Waals surface area contributed by atoms with E-state index in [4.69, 9.17) is 15.5 Å². The van der Waals surface area contributed by atoms with Gasteiger partial charge in [-0.05, 0) is 133 Å². The molecule has 15 rings (SSSR count). The van der Waals surface area contributed by atoms with E-state index in [9.17, 15) is 25.8 Å². The average molecular weight is 1490 g/mol. The highest BCUT2D eigenvalue weighted by atomic mass is 32.1. The molecule has 8 aromatic heterocycles. The van der Waals surface area contributed by atoms with E-state index < -0.39 is 35.2 Å². The van der Waals surface area contributed by atoms with Gasteiger partial charge in [0.2, 0.25) is 23.8 Å². The number of nitrogens with zero attached hydrogens (tertiary/aromatic N) is 16. The van der Waals surface area contributed by atoms with Crippen LogP contribution in [-0.4, -0.2) is 105 Å². The summed E-state index contributed by atoms with van der Waals surface area (Å²) < 4.78 is 10.0. The molecule has 5 atom stereocenters. The fourth-order valence-corrected chi connectivity index (χ4v) is 15.7. The molecular formula is C79H70N22O2S4. The smallest absolute Gasteiger partial charge is 0.334 e. The summed E-state index contributed by atoms with van der Waals surface area (Å²) in [6, 6.07) is 60.7. The Balaban J connectivity index is 0.000000159. The van der Waals surface area contributed by atoms with Crippen LogP contribution in [0.1, 0.15) is 94.6 Å². The van der Waals surface area contributed by atoms with Gasteiger partial charge in [-0.15, -0.1) is 34.0 Å². The Morgan fingerprint density at radius 1 is 0.570 bits per heavy atom. The minimum Gasteiger partial charge on any atom is -0.425 e. The van der Waals surface area contributed by atoms with Gasteiger partial charge in [-0.1, -0.05) is 111 Å². The minimum atomic E-state index is -0.800. The quantitative estimate of drug-likeness (QED) is 0.0197. The Labute approximate surface area is 632 Å². The molecule has 0 saturated carbocycles. The van der Waals surface area contributed by atoms with Gasteiger partial charge in [0.1, 0.15) is 44.6 Å². The summed E-state index contributed by atoms with van der Waals surface area (Å²) in [6.45, 7) is 8.36. The zero-order valence-corrected chi connectivity index (χ0v) is 61.5. The van der Waals surface area contributed by atoms with Crippen molar-refractivity contribution in [2.45, 2.75) is 76.3 Å². The van der Waals surface area contributed by atoms with E-state index >= 15 is 0 Å². The maximum Gasteiger partial charge on any atom is 0.334 e. The van der Waals surface area contributed by atoms with Crippen molar-refractivity contribution in [3.8, 4) is 30.0 Å². The molecule has 14 aromatic rings. The Morgan fingerprint density at radius 3 is 1.57 bits per heavy atom. The number of esters is 1. The summed E-state index contributed by atoms with van der Waals surface area (Å²) in [5, 5.41) is 56.1. The van der Waals surface area contributed by atoms with Gasteiger partial charge in [0.05, 0.1) is 94.7 Å². The maximum absolute atomic E-state index is 13.6. The second kappa shape index (κ2) is 34.4. The predicted octanol–water partition coefficient (Wildman–Crippen LogP) is 15.0. The van der Waals surface area contributed by atoms with Crippen molar-refractivity contribution in [1.82, 2.24) is 60.1 Å². The highest BCUT2D eigenvalue weighted by molar-refractivity contribution is 7.22. The van der Waals surface area contributed by atoms with Crippen LogP contribution in [0.15, 0.2) is 206 Å². The summed E-state index contributed by atoms with van der Waals surface area (Å²) in [4.78, 5) is 68.7. The third kappa shape index (κ3) is 17.8. The van der Waals surface area contributed by atoms with Crippen molar-refractivity contribution in [3.63, 3.8) is 0 Å². The molecule has 0 bridgehead atoms. The van der Waals surface area contributed by atoms with Gasteiger partial charge in [0, 0.05) is 61.5 Å². The van der Waals surface area contributed by atoms with Crippen molar-refractivity contribution < 1.29 is 9.53 Å². The number of nitrogens with two attached hydrogens (primary N) is 1. The number of ether oxygens (including phenoxy) is 1. The van der Waals surface area contributed by atoms with Crippen molar-refractivity contribution in [2.24, 2.45) is 16.1 Å². The number of anilines is 4. The van der Waals surface area contributed by atoms with E-state index in [1.165, 1.54) is 45.0 Å². The zero-order chi connectivity index (χ0) is 74.1. The summed E-state index contributed by atoms with van der Waals surface area (Å²) in [5.74, 6) is 0.00216. The van der Waals surface area contributed by atoms with Crippen LogP contribution in [0.25, 0.3) is 51.8 Å². The fraction of sp³-hybridized carbons (Fsp3) is 0.215. The molecule has 532 valence electrons. The van der Waals surface area contributed by atoms with Gasteiger partial charge >= 0.3 is 5.97 Å². The van der Waals surface area contributed by atoms with Crippen LogP contribution in [0.5, 0.6) is 5.75 Å². The van der Waals surface area contributed by atoms with Crippen LogP contribution in [0.3, 0.4) is 0 Å². The monoisotopic (exact) mass is 1490 g/mol. The van der Waals surface area contributed by atoms with Crippen LogP contribution in [0.4, 0.5) is 23.0 Å². The number of hydrogen-bond acceptors (Lipinski definition) is 27. The summed E-state index contributed by atoms with van der Waals surface area (Å²) in [6.07, 6.45) is 13.4. The van der Waals surface area contributed by atoms with Gasteiger partial charge in [-0.2, -0.15) is 21.0 Å². The average Bonchev–Trinajstić information content (AvgIpc) is 1.76. The number of aliphatic imine (C=N–C) groups is 1. The first kappa shape index (κ1) is 72.8. The molecule has 0 fully saturated rings. The molecule has 0 amide bonds. The molecule has 0 aliphatic carbocycles. The highest BCUT2D eigenvalue weighted by Crippen LogP contribution is 2.36. The first-order chi connectivity index (χ1) is 52.3. The lowest BCUT2D eigenvalue weighted by molar-refractivity contribution is -0.137. The number of carbonyl (C=O) groups excluding carboxylic acids is 1. The number of H-pyrrole nitrogens is 1. The number of para-hydroxylation sites is 5. The van der Waals surface area contributed by atoms with Crippen LogP contribution >= 0.6 is 45.3 Å². The van der Waals surface area contributed by atoms with Crippen molar-refractivity contribution >= 4 is 132 Å². The van der Waals surface area contributed by atoms with Crippen molar-refractivity contribution in [1.29, 1.82) is 21.0 Å². The van der Waals surface area contributed by atoms with Gasteiger partial charge in [0.25, 0.3) is 0 Å². The van der Waals surface area contributed by atoms with Crippen molar-refractivity contribution in [2.75, 3.05) is 47.0 Å². The molecule has 6 aromatic carbocycles. The topological polar surface area (TPSA) is 356 Å². The number of hydrogen-bond donors (Lipinski definition) is 6. The van der Waals surface area contributed by atoms with E-state index in [2.05, 4.69) is 131 Å². The maximum atomic E-state index is 13.6. The standard InChI is InChI=1S/C40H34N10O2S2.C23H20N6S.C16H16N6S/c1-40(2,3)34(50-39-45-21-18-29(49-39)27(23-42)36-47-31-9-5-7-11-33(31)54-36)37(51)52-25-14-12-24(13-15-25)16-19-43-38-44-20-17-28(48-38)26(22-41)35-46-30-8-4-6-10-32(30)53-35;24-12-9-17-11-14-26-22(29(17)23-28-20-7-3-4-8-21(20)30-23)25-13-10-16-15-27-19-6-2-1-5-18(16)19;17-7-3-8-19-16-20-9-6-12(22-16)11(10-18)15-21-13-4-1-2-5-14(13)23-15/h4-15,17-18,20-21,26-27,34H,16,19H2,1-3H3,(H,43,44,48)(H,45,49,50);1-8,11,14-15,17,27H,9-10,13H2,(H,25,26);1-2,4-6,9,11H,3,7-8,17H2,(H,19,20,22). The number of nitriles is 4. The van der Waals surface area contributed by atoms with E-state index in [1.54, 1.807) is 66.5 Å². The Morgan fingerprint density at radius 2 is 1.06 bits per heavy atom. The lowest BCUT2D eigenvalue weighted by atomic mass is 9.87. The first-order valence-corrected chi connectivity index (χ1v) is 37.6. The number of guanidine groups is 1. The van der Waals surface area contributed by atoms with Crippen LogP contribution < -0.4 is 36.6 Å². The second-order valence-electron chi connectivity index (χ2n) is 25.5. The molecule has 9 heterocycles. The molecule has 107 heavy (non-hydrogen) atoms. The number of aromatic amines is 1. The predicted molar refractivity (Wildman–Crippen MR) is 423 cm³/mol. The number of benzene rings is 6. The summed E-state index contributed by atoms with van der Waals surface area (Å²) in [7, 11) is 0. The van der Waals surface area contributed by atoms with E-state index in [0.717, 1.165) is 87.4 Å². The molecule has 1 aliphatic heterocycles. The number of fused-ring (bicyclic) bond motifs is 5. The first-order valence-electron chi connectivity index (χ1n) is 34.4. The Kier molecular flexibility index (Phi) is 23.4. The summed E-state index contributed by atoms with van der Waals surface area (Å²) >= 11 is 6.08. The Hall–Kier alpha value is -12.5. The minimum absolute atomic E-state index is 0.0938. The molecule has 24 nitrogen and oxygen atoms in total. The van der Waals surface area contributed by atoms with Crippen LogP contribution in [0, 0.1) is 50.7 Å². The molecule has 7 N–H and O–H groups in total. The van der Waals surface area contributed by atoms with Crippen LogP contribution in [0.2, 0.25) is 0 Å². The molecule has 0 spiro atoms. The number of thiazole rings is 4. The lowest BCUT2D eigenvalue weighted by Crippen LogP contribution is -2.48. The molecule has 5 unspecified atom stereocenters. The van der Waals surface area contributed by atoms with Crippen LogP contribution in [-0.2, 0) is 17.6 Å². The molecular weight excluding hydrogens is 1420 g/mol. The number of aromatic nitrogens is 11. The fourth-order valence-electron chi connectivity index (χ4n) is 11.6. The van der Waals surface area contributed by atoms with Gasteiger partial charge in [-0.3, -0.25) is 4.90 Å². The highest BCUT2D eigenvalue weighted by Gasteiger charge is 2.35. The lowest BCUT2D eigenvalue weighted by Gasteiger charge is -2.31. The number of carbonyl (C=O) groups is 1. The normalized spacial score (nSPS) is 13.7. The van der Waals surface area contributed by atoms with E-state index in [-0.39, 0.29) is 12.0 Å². The zero-order valence-electron chi connectivity index (χ0n) is 58.3. The Bertz CT molecular complexity index is 5540. The van der Waals surface area contributed by atoms with Gasteiger partial charge in [0.15, 0.2) is 5.13 Å².